The predicted molar refractivity (Wildman–Crippen MR) is 115 cm³/mol. The lowest BCUT2D eigenvalue weighted by Crippen LogP contribution is -2.62. The van der Waals surface area contributed by atoms with Crippen LogP contribution in [0, 0.1) is 12.7 Å². The van der Waals surface area contributed by atoms with Crippen LogP contribution in [0.1, 0.15) is 32.3 Å². The van der Waals surface area contributed by atoms with Crippen molar-refractivity contribution in [3.63, 3.8) is 0 Å². The van der Waals surface area contributed by atoms with Crippen LogP contribution in [0.5, 0.6) is 5.75 Å². The molecule has 0 amide bonds. The maximum absolute atomic E-state index is 13.3. The molecule has 0 aliphatic carbocycles. The first kappa shape index (κ1) is 22.5. The van der Waals surface area contributed by atoms with E-state index in [0.717, 1.165) is 57.8 Å². The highest BCUT2D eigenvalue weighted by Crippen LogP contribution is 2.22. The molecule has 3 aliphatic heterocycles. The van der Waals surface area contributed by atoms with Crippen LogP contribution in [0.4, 0.5) is 4.39 Å². The number of benzene rings is 1. The number of ether oxygens (including phenoxy) is 2. The second-order valence-corrected chi connectivity index (χ2v) is 9.14. The normalized spacial score (nSPS) is 26.9. The number of piperidine rings is 1. The van der Waals surface area contributed by atoms with Crippen molar-refractivity contribution in [2.75, 3.05) is 53.5 Å². The van der Waals surface area contributed by atoms with Gasteiger partial charge in [0.05, 0.1) is 13.2 Å². The number of halogens is 1. The van der Waals surface area contributed by atoms with Gasteiger partial charge in [-0.05, 0) is 65.4 Å². The first-order chi connectivity index (χ1) is 13.8. The summed E-state index contributed by atoms with van der Waals surface area (Å²) in [6, 6.07) is 6.76. The highest BCUT2D eigenvalue weighted by atomic mass is 19.1. The van der Waals surface area contributed by atoms with E-state index in [9.17, 15) is 4.39 Å². The molecule has 2 atom stereocenters. The standard InChI is InChI=1S/C15H22FNO.C8H16N2O/c1-11(2)17-6-4-14(5-7-17)18-15-9-12(3)8-13(16)10-15;1-9-3-7-5-11-6-8(4-9)10(7)2/h8-11,14H,4-7H2,1-3H3;7-8H,3-6H2,1-2H3. The summed E-state index contributed by atoms with van der Waals surface area (Å²) in [6.07, 6.45) is 2.27. The number of hydrogen-bond donors (Lipinski definition) is 0. The van der Waals surface area contributed by atoms with Crippen molar-refractivity contribution in [2.45, 2.75) is 57.8 Å². The first-order valence-electron chi connectivity index (χ1n) is 11.0. The third-order valence-electron chi connectivity index (χ3n) is 6.34. The van der Waals surface area contributed by atoms with Gasteiger partial charge in [0.2, 0.25) is 0 Å². The topological polar surface area (TPSA) is 28.2 Å². The molecule has 3 fully saturated rings. The number of nitrogens with zero attached hydrogens (tertiary/aromatic N) is 3. The monoisotopic (exact) mass is 407 g/mol. The summed E-state index contributed by atoms with van der Waals surface area (Å²) in [7, 11) is 4.41. The van der Waals surface area contributed by atoms with E-state index in [4.69, 9.17) is 9.47 Å². The molecule has 0 N–H and O–H groups in total. The Kier molecular flexibility index (Phi) is 7.91. The summed E-state index contributed by atoms with van der Waals surface area (Å²) in [5.74, 6) is 0.445. The average Bonchev–Trinajstić information content (AvgIpc) is 2.63. The molecule has 2 bridgehead atoms. The van der Waals surface area contributed by atoms with E-state index in [1.807, 2.05) is 13.0 Å². The van der Waals surface area contributed by atoms with Gasteiger partial charge in [0.15, 0.2) is 0 Å². The Morgan fingerprint density at radius 2 is 1.66 bits per heavy atom. The molecule has 0 saturated carbocycles. The second kappa shape index (κ2) is 10.2. The van der Waals surface area contributed by atoms with Crippen LogP contribution in [0.15, 0.2) is 18.2 Å². The van der Waals surface area contributed by atoms with Crippen LogP contribution in [0.2, 0.25) is 0 Å². The maximum atomic E-state index is 13.3. The number of fused-ring (bicyclic) bond motifs is 2. The molecule has 5 nitrogen and oxygen atoms in total. The molecule has 6 heteroatoms. The Bertz CT molecular complexity index is 615. The smallest absolute Gasteiger partial charge is 0.127 e. The minimum Gasteiger partial charge on any atom is -0.490 e. The van der Waals surface area contributed by atoms with E-state index < -0.39 is 0 Å². The third kappa shape index (κ3) is 6.38. The van der Waals surface area contributed by atoms with Gasteiger partial charge in [-0.25, -0.2) is 4.39 Å². The highest BCUT2D eigenvalue weighted by molar-refractivity contribution is 5.28. The van der Waals surface area contributed by atoms with Crippen LogP contribution in [0.25, 0.3) is 0 Å². The number of morpholine rings is 1. The van der Waals surface area contributed by atoms with Crippen molar-refractivity contribution in [1.29, 1.82) is 0 Å². The Hall–Kier alpha value is -1.21. The summed E-state index contributed by atoms with van der Waals surface area (Å²) in [6.45, 7) is 12.6. The van der Waals surface area contributed by atoms with Crippen LogP contribution in [0.3, 0.4) is 0 Å². The van der Waals surface area contributed by atoms with Crippen molar-refractivity contribution in [1.82, 2.24) is 14.7 Å². The van der Waals surface area contributed by atoms with Crippen molar-refractivity contribution in [3.8, 4) is 5.75 Å². The third-order valence-corrected chi connectivity index (χ3v) is 6.34. The van der Waals surface area contributed by atoms with Gasteiger partial charge in [-0.3, -0.25) is 4.90 Å². The maximum Gasteiger partial charge on any atom is 0.127 e. The van der Waals surface area contributed by atoms with Gasteiger partial charge in [-0.2, -0.15) is 0 Å². The van der Waals surface area contributed by atoms with Gasteiger partial charge in [0, 0.05) is 50.4 Å². The molecule has 0 radical (unpaired) electrons. The zero-order valence-electron chi connectivity index (χ0n) is 18.7. The Morgan fingerprint density at radius 1 is 1.03 bits per heavy atom. The first-order valence-corrected chi connectivity index (χ1v) is 11.0. The molecule has 1 aromatic rings. The second-order valence-electron chi connectivity index (χ2n) is 9.14. The van der Waals surface area contributed by atoms with Crippen LogP contribution >= 0.6 is 0 Å². The number of rotatable bonds is 3. The van der Waals surface area contributed by atoms with E-state index in [2.05, 4.69) is 42.6 Å². The SMILES string of the molecule is CN1CC2COCC(C1)N2C.Cc1cc(F)cc(OC2CCN(C(C)C)CC2)c1. The molecule has 2 unspecified atom stereocenters. The molecule has 29 heavy (non-hydrogen) atoms. The molecule has 4 rings (SSSR count). The number of likely N-dealkylation sites (N-methyl/N-ethyl adjacent to an activating group) is 2. The van der Waals surface area contributed by atoms with E-state index in [1.165, 1.54) is 12.1 Å². The van der Waals surface area contributed by atoms with Crippen LogP contribution in [-0.2, 0) is 4.74 Å². The summed E-state index contributed by atoms with van der Waals surface area (Å²) in [5.41, 5.74) is 0.907. The molecule has 3 aliphatic rings. The fraction of sp³-hybridized carbons (Fsp3) is 0.739. The zero-order chi connectivity index (χ0) is 21.0. The van der Waals surface area contributed by atoms with Crippen LogP contribution in [-0.4, -0.2) is 92.4 Å². The number of likely N-dealkylation sites (tertiary alicyclic amines) is 1. The molecule has 0 aromatic heterocycles. The van der Waals surface area contributed by atoms with Gasteiger partial charge in [-0.1, -0.05) is 0 Å². The summed E-state index contributed by atoms with van der Waals surface area (Å²) in [4.78, 5) is 7.32. The van der Waals surface area contributed by atoms with Gasteiger partial charge in [-0.15, -0.1) is 0 Å². The van der Waals surface area contributed by atoms with Gasteiger partial charge >= 0.3 is 0 Å². The fourth-order valence-electron chi connectivity index (χ4n) is 4.50. The number of aryl methyl sites for hydroxylation is 1. The molecule has 3 saturated heterocycles. The van der Waals surface area contributed by atoms with Gasteiger partial charge < -0.3 is 19.3 Å². The minimum absolute atomic E-state index is 0.218. The summed E-state index contributed by atoms with van der Waals surface area (Å²) < 4.78 is 24.6. The predicted octanol–water partition coefficient (Wildman–Crippen LogP) is 3.02. The Balaban J connectivity index is 0.000000186. The molecule has 1 aromatic carbocycles. The lowest BCUT2D eigenvalue weighted by atomic mass is 10.1. The van der Waals surface area contributed by atoms with E-state index >= 15 is 0 Å². The Labute approximate surface area is 175 Å². The average molecular weight is 408 g/mol. The molecule has 3 heterocycles. The molecule has 0 spiro atoms. The number of piperazine rings is 1. The highest BCUT2D eigenvalue weighted by Gasteiger charge is 2.33. The van der Waals surface area contributed by atoms with Crippen molar-refractivity contribution >= 4 is 0 Å². The summed E-state index contributed by atoms with van der Waals surface area (Å²) >= 11 is 0. The van der Waals surface area contributed by atoms with E-state index in [-0.39, 0.29) is 11.9 Å². The van der Waals surface area contributed by atoms with E-state index in [0.29, 0.717) is 23.9 Å². The lowest BCUT2D eigenvalue weighted by Gasteiger charge is -2.47. The molecule has 164 valence electrons. The Morgan fingerprint density at radius 3 is 2.21 bits per heavy atom. The van der Waals surface area contributed by atoms with Crippen molar-refractivity contribution < 1.29 is 13.9 Å². The summed E-state index contributed by atoms with van der Waals surface area (Å²) in [5, 5.41) is 0. The van der Waals surface area contributed by atoms with Gasteiger partial charge in [0.1, 0.15) is 17.7 Å². The molecular weight excluding hydrogens is 369 g/mol. The minimum atomic E-state index is -0.218. The van der Waals surface area contributed by atoms with E-state index in [1.54, 1.807) is 0 Å². The quantitative estimate of drug-likeness (QED) is 0.768. The van der Waals surface area contributed by atoms with Crippen molar-refractivity contribution in [3.05, 3.63) is 29.6 Å². The van der Waals surface area contributed by atoms with Crippen LogP contribution < -0.4 is 4.74 Å². The number of hydrogen-bond acceptors (Lipinski definition) is 5. The molecular formula is C23H38FN3O2. The largest absolute Gasteiger partial charge is 0.490 e. The lowest BCUT2D eigenvalue weighted by molar-refractivity contribution is -0.0798. The fourth-order valence-corrected chi connectivity index (χ4v) is 4.50. The van der Waals surface area contributed by atoms with Crippen molar-refractivity contribution in [2.24, 2.45) is 0 Å². The zero-order valence-corrected chi connectivity index (χ0v) is 18.7. The van der Waals surface area contributed by atoms with Gasteiger partial charge in [0.25, 0.3) is 0 Å².